The third-order valence-corrected chi connectivity index (χ3v) is 2.78. The summed E-state index contributed by atoms with van der Waals surface area (Å²) < 4.78 is 0. The molecule has 1 aromatic rings. The van der Waals surface area contributed by atoms with Crippen molar-refractivity contribution in [2.45, 2.75) is 13.3 Å². The molecule has 0 heterocycles. The van der Waals surface area contributed by atoms with Crippen molar-refractivity contribution in [3.8, 4) is 0 Å². The molecule has 0 nitrogen and oxygen atoms in total. The average Bonchev–Trinajstić information content (AvgIpc) is 2.36. The molecule has 86 valence electrons. The summed E-state index contributed by atoms with van der Waals surface area (Å²) in [5.41, 5.74) is 2.54. The van der Waals surface area contributed by atoms with E-state index >= 15 is 0 Å². The van der Waals surface area contributed by atoms with Crippen molar-refractivity contribution in [3.63, 3.8) is 0 Å². The third-order valence-electron chi connectivity index (χ3n) is 2.78. The van der Waals surface area contributed by atoms with Crippen molar-refractivity contribution in [1.29, 1.82) is 0 Å². The molecular weight excluding hydrogens is 204 g/mol. The van der Waals surface area contributed by atoms with Crippen LogP contribution in [-0.2, 0) is 0 Å². The van der Waals surface area contributed by atoms with Crippen LogP contribution in [0.5, 0.6) is 0 Å². The highest BCUT2D eigenvalue weighted by atomic mass is 14.1. The molecule has 0 saturated heterocycles. The first kappa shape index (κ1) is 11.7. The molecule has 0 amide bonds. The molecule has 0 saturated carbocycles. The summed E-state index contributed by atoms with van der Waals surface area (Å²) in [6.45, 7) is 2.25. The van der Waals surface area contributed by atoms with Crippen LogP contribution in [0.4, 0.5) is 0 Å². The molecule has 0 fully saturated rings. The van der Waals surface area contributed by atoms with Crippen LogP contribution < -0.4 is 0 Å². The lowest BCUT2D eigenvalue weighted by atomic mass is 9.98. The van der Waals surface area contributed by atoms with E-state index in [2.05, 4.69) is 73.7 Å². The maximum absolute atomic E-state index is 2.31. The van der Waals surface area contributed by atoms with Crippen LogP contribution >= 0.6 is 0 Å². The largest absolute Gasteiger partial charge is 0.0834 e. The molecule has 0 aromatic heterocycles. The standard InChI is InChI=1S/C17H18/c1-15-8-7-13-17(14-15)12-6-5-11-16-9-3-2-4-10-16/h2-7,9-15H,8H2,1H3/b11-5+,12-6+. The normalized spacial score (nSPS) is 20.1. The fourth-order valence-electron chi connectivity index (χ4n) is 1.88. The Morgan fingerprint density at radius 1 is 1.06 bits per heavy atom. The van der Waals surface area contributed by atoms with Crippen LogP contribution in [0.1, 0.15) is 18.9 Å². The lowest BCUT2D eigenvalue weighted by Crippen LogP contribution is -1.92. The van der Waals surface area contributed by atoms with Gasteiger partial charge in [-0.25, -0.2) is 0 Å². The van der Waals surface area contributed by atoms with E-state index in [0.717, 1.165) is 6.42 Å². The first-order valence-corrected chi connectivity index (χ1v) is 6.13. The molecule has 0 heteroatoms. The number of hydrogen-bond donors (Lipinski definition) is 0. The summed E-state index contributed by atoms with van der Waals surface area (Å²) in [5, 5.41) is 0. The van der Waals surface area contributed by atoms with E-state index in [9.17, 15) is 0 Å². The first-order chi connectivity index (χ1) is 8.34. The molecule has 1 aromatic carbocycles. The Kier molecular flexibility index (Phi) is 4.15. The van der Waals surface area contributed by atoms with E-state index in [4.69, 9.17) is 0 Å². The van der Waals surface area contributed by atoms with E-state index in [1.165, 1.54) is 11.1 Å². The molecule has 0 aliphatic heterocycles. The predicted octanol–water partition coefficient (Wildman–Crippen LogP) is 4.78. The second kappa shape index (κ2) is 6.05. The van der Waals surface area contributed by atoms with Crippen LogP contribution in [0.15, 0.2) is 72.4 Å². The minimum Gasteiger partial charge on any atom is -0.0834 e. The Morgan fingerprint density at radius 2 is 1.82 bits per heavy atom. The minimum absolute atomic E-state index is 0.665. The van der Waals surface area contributed by atoms with Gasteiger partial charge in [-0.3, -0.25) is 0 Å². The number of benzene rings is 1. The zero-order valence-electron chi connectivity index (χ0n) is 10.2. The van der Waals surface area contributed by atoms with Crippen LogP contribution in [0.3, 0.4) is 0 Å². The van der Waals surface area contributed by atoms with Crippen molar-refractivity contribution in [3.05, 3.63) is 77.9 Å². The molecule has 0 spiro atoms. The second-order valence-electron chi connectivity index (χ2n) is 4.41. The van der Waals surface area contributed by atoms with Crippen LogP contribution in [-0.4, -0.2) is 0 Å². The SMILES string of the molecule is CC1C=C(/C=C/C=C/c2ccccc2)C=CC1. The second-order valence-corrected chi connectivity index (χ2v) is 4.41. The lowest BCUT2D eigenvalue weighted by Gasteiger charge is -2.08. The van der Waals surface area contributed by atoms with Gasteiger partial charge in [-0.15, -0.1) is 0 Å². The molecule has 1 atom stereocenters. The van der Waals surface area contributed by atoms with E-state index in [1.54, 1.807) is 0 Å². The molecular formula is C17H18. The van der Waals surface area contributed by atoms with Gasteiger partial charge < -0.3 is 0 Å². The van der Waals surface area contributed by atoms with Gasteiger partial charge in [-0.05, 0) is 23.5 Å². The smallest absolute Gasteiger partial charge is 0.0218 e. The highest BCUT2D eigenvalue weighted by Crippen LogP contribution is 2.16. The van der Waals surface area contributed by atoms with Gasteiger partial charge in [-0.1, -0.05) is 79.8 Å². The number of hydrogen-bond acceptors (Lipinski definition) is 0. The minimum atomic E-state index is 0.665. The molecule has 0 radical (unpaired) electrons. The van der Waals surface area contributed by atoms with Crippen LogP contribution in [0.2, 0.25) is 0 Å². The summed E-state index contributed by atoms with van der Waals surface area (Å²) in [7, 11) is 0. The van der Waals surface area contributed by atoms with Crippen molar-refractivity contribution in [2.75, 3.05) is 0 Å². The van der Waals surface area contributed by atoms with Gasteiger partial charge >= 0.3 is 0 Å². The fraction of sp³-hybridized carbons (Fsp3) is 0.176. The topological polar surface area (TPSA) is 0 Å². The zero-order valence-corrected chi connectivity index (χ0v) is 10.2. The van der Waals surface area contributed by atoms with Crippen LogP contribution in [0.25, 0.3) is 6.08 Å². The van der Waals surface area contributed by atoms with Gasteiger partial charge in [0.25, 0.3) is 0 Å². The molecule has 0 bridgehead atoms. The van der Waals surface area contributed by atoms with Crippen LogP contribution in [0, 0.1) is 5.92 Å². The zero-order chi connectivity index (χ0) is 11.9. The Hall–Kier alpha value is -1.82. The summed E-state index contributed by atoms with van der Waals surface area (Å²) in [6, 6.07) is 10.3. The van der Waals surface area contributed by atoms with E-state index < -0.39 is 0 Å². The summed E-state index contributed by atoms with van der Waals surface area (Å²) in [5.74, 6) is 0.665. The quantitative estimate of drug-likeness (QED) is 0.646. The molecule has 1 unspecified atom stereocenters. The molecule has 1 aliphatic carbocycles. The highest BCUT2D eigenvalue weighted by Gasteiger charge is 2.00. The molecule has 0 N–H and O–H groups in total. The average molecular weight is 222 g/mol. The number of rotatable bonds is 3. The maximum Gasteiger partial charge on any atom is -0.0218 e. The van der Waals surface area contributed by atoms with E-state index in [0.29, 0.717) is 5.92 Å². The third kappa shape index (κ3) is 3.92. The molecule has 2 rings (SSSR count). The summed E-state index contributed by atoms with van der Waals surface area (Å²) >= 11 is 0. The first-order valence-electron chi connectivity index (χ1n) is 6.13. The van der Waals surface area contributed by atoms with E-state index in [-0.39, 0.29) is 0 Å². The highest BCUT2D eigenvalue weighted by molar-refractivity contribution is 5.51. The monoisotopic (exact) mass is 222 g/mol. The Balaban J connectivity index is 1.94. The van der Waals surface area contributed by atoms with Crippen molar-refractivity contribution in [2.24, 2.45) is 5.92 Å². The van der Waals surface area contributed by atoms with Gasteiger partial charge in [0.05, 0.1) is 0 Å². The summed E-state index contributed by atoms with van der Waals surface area (Å²) in [6.07, 6.45) is 16.4. The fourth-order valence-corrected chi connectivity index (χ4v) is 1.88. The van der Waals surface area contributed by atoms with Gasteiger partial charge in [-0.2, -0.15) is 0 Å². The van der Waals surface area contributed by atoms with Gasteiger partial charge in [0.2, 0.25) is 0 Å². The Bertz CT molecular complexity index is 458. The van der Waals surface area contributed by atoms with Crippen molar-refractivity contribution >= 4 is 6.08 Å². The van der Waals surface area contributed by atoms with Gasteiger partial charge in [0.15, 0.2) is 0 Å². The van der Waals surface area contributed by atoms with Crippen molar-refractivity contribution < 1.29 is 0 Å². The molecule has 1 aliphatic rings. The van der Waals surface area contributed by atoms with Gasteiger partial charge in [0, 0.05) is 0 Å². The van der Waals surface area contributed by atoms with E-state index in [1.807, 2.05) is 6.07 Å². The lowest BCUT2D eigenvalue weighted by molar-refractivity contribution is 0.732. The summed E-state index contributed by atoms with van der Waals surface area (Å²) in [4.78, 5) is 0. The maximum atomic E-state index is 2.31. The Labute approximate surface area is 104 Å². The van der Waals surface area contributed by atoms with Gasteiger partial charge in [0.1, 0.15) is 0 Å². The molecule has 17 heavy (non-hydrogen) atoms. The van der Waals surface area contributed by atoms with Crippen molar-refractivity contribution in [1.82, 2.24) is 0 Å². The number of allylic oxidation sites excluding steroid dienone is 7. The predicted molar refractivity (Wildman–Crippen MR) is 75.6 cm³/mol. The Morgan fingerprint density at radius 3 is 2.59 bits per heavy atom.